The normalized spacial score (nSPS) is 28.9. The van der Waals surface area contributed by atoms with Crippen molar-refractivity contribution < 1.29 is 19.4 Å². The van der Waals surface area contributed by atoms with E-state index in [2.05, 4.69) is 0 Å². The SMILES string of the molecule is CC1(C)CC[C@H](OC(=O)c2ccccc2)[C@](C)(CO)O1. The fraction of sp³-hybridized carbons (Fsp3) is 0.562. The van der Waals surface area contributed by atoms with Crippen molar-refractivity contribution in [3.63, 3.8) is 0 Å². The van der Waals surface area contributed by atoms with Gasteiger partial charge in [0.2, 0.25) is 0 Å². The molecule has 1 N–H and O–H groups in total. The van der Waals surface area contributed by atoms with Crippen molar-refractivity contribution in [1.82, 2.24) is 0 Å². The average Bonchev–Trinajstić information content (AvgIpc) is 2.42. The molecule has 1 fully saturated rings. The maximum Gasteiger partial charge on any atom is 0.338 e. The first-order valence-electron chi connectivity index (χ1n) is 6.93. The maximum atomic E-state index is 12.1. The maximum absolute atomic E-state index is 12.1. The number of hydrogen-bond acceptors (Lipinski definition) is 4. The zero-order chi connectivity index (χ0) is 14.8. The van der Waals surface area contributed by atoms with Gasteiger partial charge in [-0.25, -0.2) is 4.79 Å². The fourth-order valence-electron chi connectivity index (χ4n) is 2.62. The van der Waals surface area contributed by atoms with E-state index in [4.69, 9.17) is 9.47 Å². The minimum Gasteiger partial charge on any atom is -0.456 e. The molecule has 1 heterocycles. The van der Waals surface area contributed by atoms with E-state index in [1.54, 1.807) is 31.2 Å². The third kappa shape index (κ3) is 3.19. The molecule has 0 radical (unpaired) electrons. The summed E-state index contributed by atoms with van der Waals surface area (Å²) >= 11 is 0. The Bertz CT molecular complexity index is 469. The summed E-state index contributed by atoms with van der Waals surface area (Å²) in [7, 11) is 0. The fourth-order valence-corrected chi connectivity index (χ4v) is 2.62. The van der Waals surface area contributed by atoms with E-state index in [1.807, 2.05) is 19.9 Å². The third-order valence-corrected chi connectivity index (χ3v) is 3.77. The first kappa shape index (κ1) is 15.0. The first-order chi connectivity index (χ1) is 9.36. The standard InChI is InChI=1S/C16H22O4/c1-15(2)10-9-13(16(3,11-17)20-15)19-14(18)12-7-5-4-6-8-12/h4-8,13,17H,9-11H2,1-3H3/t13-,16-/m0/s1. The second kappa shape index (κ2) is 5.54. The smallest absolute Gasteiger partial charge is 0.338 e. The Morgan fingerprint density at radius 2 is 2.00 bits per heavy atom. The molecule has 4 heteroatoms. The number of benzene rings is 1. The van der Waals surface area contributed by atoms with Crippen LogP contribution in [-0.4, -0.2) is 35.0 Å². The summed E-state index contributed by atoms with van der Waals surface area (Å²) in [6.45, 7) is 5.58. The lowest BCUT2D eigenvalue weighted by Crippen LogP contribution is -2.56. The van der Waals surface area contributed by atoms with Crippen LogP contribution in [0.25, 0.3) is 0 Å². The van der Waals surface area contributed by atoms with Crippen LogP contribution < -0.4 is 0 Å². The van der Waals surface area contributed by atoms with Gasteiger partial charge in [-0.3, -0.25) is 0 Å². The van der Waals surface area contributed by atoms with Gasteiger partial charge in [0.25, 0.3) is 0 Å². The van der Waals surface area contributed by atoms with Gasteiger partial charge in [0.1, 0.15) is 11.7 Å². The highest BCUT2D eigenvalue weighted by Crippen LogP contribution is 2.37. The predicted octanol–water partition coefficient (Wildman–Crippen LogP) is 2.55. The van der Waals surface area contributed by atoms with E-state index in [0.717, 1.165) is 6.42 Å². The topological polar surface area (TPSA) is 55.8 Å². The van der Waals surface area contributed by atoms with Crippen LogP contribution in [0.5, 0.6) is 0 Å². The zero-order valence-electron chi connectivity index (χ0n) is 12.3. The molecule has 20 heavy (non-hydrogen) atoms. The Morgan fingerprint density at radius 3 is 2.60 bits per heavy atom. The minimum atomic E-state index is -0.855. The van der Waals surface area contributed by atoms with Gasteiger partial charge < -0.3 is 14.6 Å². The van der Waals surface area contributed by atoms with Crippen LogP contribution in [0.3, 0.4) is 0 Å². The van der Waals surface area contributed by atoms with E-state index >= 15 is 0 Å². The van der Waals surface area contributed by atoms with Crippen LogP contribution in [0, 0.1) is 0 Å². The van der Waals surface area contributed by atoms with E-state index in [0.29, 0.717) is 12.0 Å². The number of hydrogen-bond donors (Lipinski definition) is 1. The quantitative estimate of drug-likeness (QED) is 0.863. The third-order valence-electron chi connectivity index (χ3n) is 3.77. The molecular weight excluding hydrogens is 256 g/mol. The highest BCUT2D eigenvalue weighted by atomic mass is 16.6. The van der Waals surface area contributed by atoms with Gasteiger partial charge >= 0.3 is 5.97 Å². The Hall–Kier alpha value is -1.39. The number of esters is 1. The Kier molecular flexibility index (Phi) is 4.16. The molecule has 1 aromatic carbocycles. The second-order valence-electron chi connectivity index (χ2n) is 6.13. The van der Waals surface area contributed by atoms with Gasteiger partial charge in [0.05, 0.1) is 17.8 Å². The van der Waals surface area contributed by atoms with Crippen molar-refractivity contribution in [2.24, 2.45) is 0 Å². The molecule has 0 unspecified atom stereocenters. The minimum absolute atomic E-state index is 0.177. The monoisotopic (exact) mass is 278 g/mol. The van der Waals surface area contributed by atoms with Crippen molar-refractivity contribution in [2.75, 3.05) is 6.61 Å². The number of carbonyl (C=O) groups is 1. The molecule has 1 saturated heterocycles. The predicted molar refractivity (Wildman–Crippen MR) is 75.5 cm³/mol. The first-order valence-corrected chi connectivity index (χ1v) is 6.93. The van der Waals surface area contributed by atoms with E-state index < -0.39 is 11.7 Å². The van der Waals surface area contributed by atoms with Gasteiger partial charge in [0, 0.05) is 0 Å². The van der Waals surface area contributed by atoms with Crippen LogP contribution in [0.4, 0.5) is 0 Å². The molecule has 2 rings (SSSR count). The Balaban J connectivity index is 2.10. The highest BCUT2D eigenvalue weighted by Gasteiger charge is 2.46. The molecule has 0 bridgehead atoms. The van der Waals surface area contributed by atoms with Crippen molar-refractivity contribution in [2.45, 2.75) is 50.9 Å². The lowest BCUT2D eigenvalue weighted by atomic mass is 9.85. The molecule has 0 amide bonds. The molecule has 0 saturated carbocycles. The van der Waals surface area contributed by atoms with Gasteiger partial charge in [-0.15, -0.1) is 0 Å². The summed E-state index contributed by atoms with van der Waals surface area (Å²) in [6.07, 6.45) is 1.03. The molecule has 4 nitrogen and oxygen atoms in total. The van der Waals surface area contributed by atoms with Gasteiger partial charge in [0.15, 0.2) is 0 Å². The number of aliphatic hydroxyl groups excluding tert-OH is 1. The van der Waals surface area contributed by atoms with Crippen LogP contribution in [-0.2, 0) is 9.47 Å². The summed E-state index contributed by atoms with van der Waals surface area (Å²) in [5.74, 6) is -0.376. The molecule has 110 valence electrons. The summed E-state index contributed by atoms with van der Waals surface area (Å²) in [4.78, 5) is 12.1. The molecule has 0 spiro atoms. The van der Waals surface area contributed by atoms with Crippen LogP contribution in [0.15, 0.2) is 30.3 Å². The van der Waals surface area contributed by atoms with Gasteiger partial charge in [-0.1, -0.05) is 18.2 Å². The van der Waals surface area contributed by atoms with Crippen molar-refractivity contribution in [1.29, 1.82) is 0 Å². The highest BCUT2D eigenvalue weighted by molar-refractivity contribution is 5.89. The molecule has 0 aromatic heterocycles. The molecule has 2 atom stereocenters. The van der Waals surface area contributed by atoms with Crippen molar-refractivity contribution in [3.05, 3.63) is 35.9 Å². The van der Waals surface area contributed by atoms with Crippen LogP contribution in [0.2, 0.25) is 0 Å². The zero-order valence-corrected chi connectivity index (χ0v) is 12.3. The summed E-state index contributed by atoms with van der Waals surface area (Å²) < 4.78 is 11.5. The van der Waals surface area contributed by atoms with Crippen LogP contribution in [0.1, 0.15) is 44.0 Å². The lowest BCUT2D eigenvalue weighted by Gasteiger charge is -2.46. The molecular formula is C16H22O4. The van der Waals surface area contributed by atoms with Gasteiger partial charge in [-0.2, -0.15) is 0 Å². The number of aliphatic hydroxyl groups is 1. The van der Waals surface area contributed by atoms with Gasteiger partial charge in [-0.05, 0) is 45.7 Å². The molecule has 1 aromatic rings. The average molecular weight is 278 g/mol. The number of ether oxygens (including phenoxy) is 2. The summed E-state index contributed by atoms with van der Waals surface area (Å²) in [5.41, 5.74) is -0.656. The largest absolute Gasteiger partial charge is 0.456 e. The van der Waals surface area contributed by atoms with Crippen LogP contribution >= 0.6 is 0 Å². The van der Waals surface area contributed by atoms with E-state index in [1.165, 1.54) is 0 Å². The van der Waals surface area contributed by atoms with Crippen molar-refractivity contribution in [3.8, 4) is 0 Å². The Morgan fingerprint density at radius 1 is 1.35 bits per heavy atom. The molecule has 1 aliphatic rings. The Labute approximate surface area is 119 Å². The van der Waals surface area contributed by atoms with Crippen molar-refractivity contribution >= 4 is 5.97 Å². The number of rotatable bonds is 3. The summed E-state index contributed by atoms with van der Waals surface area (Å²) in [5, 5.41) is 9.62. The molecule has 1 aliphatic heterocycles. The van der Waals surface area contributed by atoms with E-state index in [9.17, 15) is 9.90 Å². The molecule has 0 aliphatic carbocycles. The lowest BCUT2D eigenvalue weighted by molar-refractivity contribution is -0.229. The number of carbonyl (C=O) groups excluding carboxylic acids is 1. The summed E-state index contributed by atoms with van der Waals surface area (Å²) in [6, 6.07) is 8.87. The van der Waals surface area contributed by atoms with E-state index in [-0.39, 0.29) is 18.2 Å². The second-order valence-corrected chi connectivity index (χ2v) is 6.13.